The van der Waals surface area contributed by atoms with Gasteiger partial charge in [-0.25, -0.2) is 9.78 Å². The molecule has 2 amide bonds. The molecule has 2 aromatic heterocycles. The van der Waals surface area contributed by atoms with Gasteiger partial charge in [-0.3, -0.25) is 10.00 Å². The van der Waals surface area contributed by atoms with Crippen molar-refractivity contribution in [3.8, 4) is 17.5 Å². The summed E-state index contributed by atoms with van der Waals surface area (Å²) < 4.78 is 6.92. The maximum atomic E-state index is 12.1. The van der Waals surface area contributed by atoms with Crippen molar-refractivity contribution in [2.75, 3.05) is 10.6 Å². The molecule has 0 aliphatic heterocycles. The van der Waals surface area contributed by atoms with E-state index in [1.165, 1.54) is 6.26 Å². The summed E-state index contributed by atoms with van der Waals surface area (Å²) in [5.74, 6) is 0.910. The number of nitrogens with one attached hydrogen (secondary N) is 2. The molecule has 0 saturated carbocycles. The maximum absolute atomic E-state index is 12.1. The number of rotatable bonds is 5. The zero-order chi connectivity index (χ0) is 17.6. The SMILES string of the molecule is Cc1ccc(NC(=O)Nc2ccn(CCC#N)n2)cc1-c1ncco1. The predicted octanol–water partition coefficient (Wildman–Crippen LogP) is 3.40. The van der Waals surface area contributed by atoms with Gasteiger partial charge in [0.1, 0.15) is 6.26 Å². The number of amides is 2. The van der Waals surface area contributed by atoms with Crippen LogP contribution in [0.3, 0.4) is 0 Å². The normalized spacial score (nSPS) is 10.2. The largest absolute Gasteiger partial charge is 0.445 e. The minimum absolute atomic E-state index is 0.361. The molecule has 8 heteroatoms. The van der Waals surface area contributed by atoms with Crippen LogP contribution in [0.2, 0.25) is 0 Å². The molecule has 0 bridgehead atoms. The Hall–Kier alpha value is -3.60. The Labute approximate surface area is 144 Å². The number of anilines is 2. The number of carbonyl (C=O) groups is 1. The molecule has 0 atom stereocenters. The van der Waals surface area contributed by atoms with Gasteiger partial charge >= 0.3 is 6.03 Å². The van der Waals surface area contributed by atoms with Gasteiger partial charge in [0.25, 0.3) is 0 Å². The van der Waals surface area contributed by atoms with E-state index in [-0.39, 0.29) is 0 Å². The Balaban J connectivity index is 1.66. The molecule has 2 N–H and O–H groups in total. The van der Waals surface area contributed by atoms with E-state index in [4.69, 9.17) is 9.68 Å². The Morgan fingerprint density at radius 2 is 2.24 bits per heavy atom. The van der Waals surface area contributed by atoms with Gasteiger partial charge in [-0.2, -0.15) is 10.4 Å². The summed E-state index contributed by atoms with van der Waals surface area (Å²) in [7, 11) is 0. The summed E-state index contributed by atoms with van der Waals surface area (Å²) in [6.07, 6.45) is 5.15. The molecule has 8 nitrogen and oxygen atoms in total. The summed E-state index contributed by atoms with van der Waals surface area (Å²) in [5.41, 5.74) is 2.41. The van der Waals surface area contributed by atoms with E-state index in [1.54, 1.807) is 35.3 Å². The molecule has 1 aromatic carbocycles. The van der Waals surface area contributed by atoms with Crippen molar-refractivity contribution < 1.29 is 9.21 Å². The molecule has 0 saturated heterocycles. The number of benzene rings is 1. The molecule has 0 fully saturated rings. The molecule has 2 heterocycles. The molecule has 126 valence electrons. The molecule has 0 spiro atoms. The maximum Gasteiger partial charge on any atom is 0.324 e. The number of hydrogen-bond acceptors (Lipinski definition) is 5. The molecule has 0 radical (unpaired) electrons. The van der Waals surface area contributed by atoms with E-state index in [2.05, 4.69) is 20.7 Å². The molecular formula is C17H16N6O2. The molecular weight excluding hydrogens is 320 g/mol. The fourth-order valence-corrected chi connectivity index (χ4v) is 2.28. The van der Waals surface area contributed by atoms with Crippen LogP contribution in [-0.4, -0.2) is 20.8 Å². The second-order valence-corrected chi connectivity index (χ2v) is 5.32. The zero-order valence-corrected chi connectivity index (χ0v) is 13.6. The average molecular weight is 336 g/mol. The molecule has 0 aliphatic carbocycles. The number of hydrogen-bond donors (Lipinski definition) is 2. The van der Waals surface area contributed by atoms with Gasteiger partial charge in [-0.15, -0.1) is 0 Å². The van der Waals surface area contributed by atoms with Crippen LogP contribution < -0.4 is 10.6 Å². The monoisotopic (exact) mass is 336 g/mol. The van der Waals surface area contributed by atoms with Crippen molar-refractivity contribution in [1.82, 2.24) is 14.8 Å². The minimum Gasteiger partial charge on any atom is -0.445 e. The highest BCUT2D eigenvalue weighted by Crippen LogP contribution is 2.25. The van der Waals surface area contributed by atoms with Gasteiger partial charge in [-0.05, 0) is 24.6 Å². The standard InChI is InChI=1S/C17H16N6O2/c1-12-3-4-13(11-14(12)16-19-7-10-25-16)20-17(24)21-15-5-9-23(22-15)8-2-6-18/h3-5,7,9-11H,2,8H2,1H3,(H2,20,21,22,24). The second kappa shape index (κ2) is 7.31. The number of nitrogens with zero attached hydrogens (tertiary/aromatic N) is 4. The highest BCUT2D eigenvalue weighted by Gasteiger charge is 2.10. The first-order valence-corrected chi connectivity index (χ1v) is 7.64. The van der Waals surface area contributed by atoms with Crippen LogP contribution in [0.5, 0.6) is 0 Å². The Morgan fingerprint density at radius 3 is 3.00 bits per heavy atom. The summed E-state index contributed by atoms with van der Waals surface area (Å²) in [5, 5.41) is 18.1. The van der Waals surface area contributed by atoms with Crippen molar-refractivity contribution in [2.24, 2.45) is 0 Å². The lowest BCUT2D eigenvalue weighted by Gasteiger charge is -2.08. The van der Waals surface area contributed by atoms with E-state index in [0.29, 0.717) is 30.4 Å². The van der Waals surface area contributed by atoms with E-state index in [0.717, 1.165) is 11.1 Å². The molecule has 25 heavy (non-hydrogen) atoms. The van der Waals surface area contributed by atoms with E-state index >= 15 is 0 Å². The van der Waals surface area contributed by atoms with Gasteiger partial charge in [0.15, 0.2) is 5.82 Å². The van der Waals surface area contributed by atoms with Crippen LogP contribution >= 0.6 is 0 Å². The molecule has 0 aliphatic rings. The predicted molar refractivity (Wildman–Crippen MR) is 91.8 cm³/mol. The quantitative estimate of drug-likeness (QED) is 0.742. The first kappa shape index (κ1) is 16.3. The van der Waals surface area contributed by atoms with Crippen LogP contribution in [0.4, 0.5) is 16.3 Å². The van der Waals surface area contributed by atoms with Crippen molar-refractivity contribution in [3.05, 3.63) is 48.5 Å². The third-order valence-corrected chi connectivity index (χ3v) is 3.49. The fourth-order valence-electron chi connectivity index (χ4n) is 2.28. The number of aryl methyl sites for hydroxylation is 2. The Morgan fingerprint density at radius 1 is 1.36 bits per heavy atom. The molecule has 3 rings (SSSR count). The lowest BCUT2D eigenvalue weighted by molar-refractivity contribution is 0.262. The third-order valence-electron chi connectivity index (χ3n) is 3.49. The topological polar surface area (TPSA) is 109 Å². The van der Waals surface area contributed by atoms with Gasteiger partial charge in [0, 0.05) is 23.5 Å². The third kappa shape index (κ3) is 4.03. The van der Waals surface area contributed by atoms with Gasteiger partial charge in [0.05, 0.1) is 25.2 Å². The smallest absolute Gasteiger partial charge is 0.324 e. The summed E-state index contributed by atoms with van der Waals surface area (Å²) >= 11 is 0. The zero-order valence-electron chi connectivity index (χ0n) is 13.6. The highest BCUT2D eigenvalue weighted by atomic mass is 16.3. The lowest BCUT2D eigenvalue weighted by Crippen LogP contribution is -2.20. The minimum atomic E-state index is -0.409. The van der Waals surface area contributed by atoms with Crippen LogP contribution in [0, 0.1) is 18.3 Å². The second-order valence-electron chi connectivity index (χ2n) is 5.32. The van der Waals surface area contributed by atoms with Crippen LogP contribution in [-0.2, 0) is 6.54 Å². The first-order valence-electron chi connectivity index (χ1n) is 7.64. The lowest BCUT2D eigenvalue weighted by atomic mass is 10.1. The van der Waals surface area contributed by atoms with Crippen molar-refractivity contribution >= 4 is 17.5 Å². The van der Waals surface area contributed by atoms with Crippen molar-refractivity contribution in [3.63, 3.8) is 0 Å². The summed E-state index contributed by atoms with van der Waals surface area (Å²) in [6.45, 7) is 2.43. The van der Waals surface area contributed by atoms with Crippen LogP contribution in [0.25, 0.3) is 11.5 Å². The highest BCUT2D eigenvalue weighted by molar-refractivity contribution is 5.99. The van der Waals surface area contributed by atoms with Gasteiger partial charge in [0.2, 0.25) is 5.89 Å². The van der Waals surface area contributed by atoms with E-state index in [9.17, 15) is 4.79 Å². The molecule has 3 aromatic rings. The molecule has 0 unspecified atom stereocenters. The Bertz CT molecular complexity index is 908. The van der Waals surface area contributed by atoms with Crippen molar-refractivity contribution in [1.29, 1.82) is 5.26 Å². The number of oxazole rings is 1. The summed E-state index contributed by atoms with van der Waals surface area (Å²) in [4.78, 5) is 16.3. The van der Waals surface area contributed by atoms with Gasteiger partial charge in [-0.1, -0.05) is 6.07 Å². The van der Waals surface area contributed by atoms with Crippen LogP contribution in [0.1, 0.15) is 12.0 Å². The number of carbonyl (C=O) groups excluding carboxylic acids is 1. The fraction of sp³-hybridized carbons (Fsp3) is 0.176. The van der Waals surface area contributed by atoms with E-state index < -0.39 is 6.03 Å². The van der Waals surface area contributed by atoms with Crippen molar-refractivity contribution in [2.45, 2.75) is 19.9 Å². The number of aromatic nitrogens is 3. The number of nitriles is 1. The Kier molecular flexibility index (Phi) is 4.76. The summed E-state index contributed by atoms with van der Waals surface area (Å²) in [6, 6.07) is 8.79. The average Bonchev–Trinajstić information content (AvgIpc) is 3.26. The van der Waals surface area contributed by atoms with Crippen LogP contribution in [0.15, 0.2) is 47.3 Å². The first-order chi connectivity index (χ1) is 12.2. The van der Waals surface area contributed by atoms with Gasteiger partial charge < -0.3 is 9.73 Å². The number of urea groups is 1. The van der Waals surface area contributed by atoms with E-state index in [1.807, 2.05) is 19.1 Å².